The maximum atomic E-state index is 7.87. The summed E-state index contributed by atoms with van der Waals surface area (Å²) in [7, 11) is 1.48. The van der Waals surface area contributed by atoms with Crippen molar-refractivity contribution in [1.29, 1.82) is 5.41 Å². The van der Waals surface area contributed by atoms with Gasteiger partial charge >= 0.3 is 0 Å². The molecule has 24 heavy (non-hydrogen) atoms. The molecule has 0 aliphatic heterocycles. The first kappa shape index (κ1) is 15.8. The third-order valence-electron chi connectivity index (χ3n) is 3.69. The van der Waals surface area contributed by atoms with Crippen molar-refractivity contribution >= 4 is 17.5 Å². The Morgan fingerprint density at radius 3 is 2.71 bits per heavy atom. The summed E-state index contributed by atoms with van der Waals surface area (Å²) < 4.78 is 12.8. The van der Waals surface area contributed by atoms with E-state index in [-0.39, 0.29) is 5.90 Å². The van der Waals surface area contributed by atoms with Gasteiger partial charge in [-0.05, 0) is 30.7 Å². The van der Waals surface area contributed by atoms with Gasteiger partial charge in [0.2, 0.25) is 5.90 Å². The van der Waals surface area contributed by atoms with Gasteiger partial charge < -0.3 is 9.47 Å². The average Bonchev–Trinajstić information content (AvgIpc) is 3.06. The molecule has 0 aliphatic carbocycles. The quantitative estimate of drug-likeness (QED) is 0.572. The first-order valence-corrected chi connectivity index (χ1v) is 7.67. The van der Waals surface area contributed by atoms with Crippen molar-refractivity contribution in [2.45, 2.75) is 13.5 Å². The Balaban J connectivity index is 1.99. The number of rotatable bonds is 5. The maximum absolute atomic E-state index is 7.87. The lowest BCUT2D eigenvalue weighted by Crippen LogP contribution is -2.03. The van der Waals surface area contributed by atoms with Gasteiger partial charge in [-0.25, -0.2) is 4.52 Å². The SMILES string of the molecule is C/C=C/c1c(OCc2ccccc2)ccc2c(C(=N)OC)cnn12. The van der Waals surface area contributed by atoms with Gasteiger partial charge in [-0.3, -0.25) is 5.41 Å². The summed E-state index contributed by atoms with van der Waals surface area (Å²) in [4.78, 5) is 0. The Labute approximate surface area is 140 Å². The van der Waals surface area contributed by atoms with Gasteiger partial charge in [0.25, 0.3) is 0 Å². The smallest absolute Gasteiger partial charge is 0.216 e. The zero-order chi connectivity index (χ0) is 16.9. The minimum Gasteiger partial charge on any atom is -0.487 e. The van der Waals surface area contributed by atoms with E-state index in [2.05, 4.69) is 5.10 Å². The van der Waals surface area contributed by atoms with Gasteiger partial charge in [0, 0.05) is 0 Å². The number of allylic oxidation sites excluding steroid dienone is 1. The van der Waals surface area contributed by atoms with Gasteiger partial charge in [0.1, 0.15) is 18.1 Å². The number of benzene rings is 1. The molecule has 5 nitrogen and oxygen atoms in total. The van der Waals surface area contributed by atoms with Crippen LogP contribution in [-0.2, 0) is 11.3 Å². The number of methoxy groups -OCH3 is 1. The molecule has 0 aliphatic rings. The molecule has 2 aromatic heterocycles. The van der Waals surface area contributed by atoms with Crippen LogP contribution in [-0.4, -0.2) is 22.6 Å². The Bertz CT molecular complexity index is 882. The van der Waals surface area contributed by atoms with Crippen LogP contribution in [0, 0.1) is 5.41 Å². The van der Waals surface area contributed by atoms with E-state index in [0.29, 0.717) is 12.2 Å². The second kappa shape index (κ2) is 7.00. The first-order chi connectivity index (χ1) is 11.7. The number of nitrogens with zero attached hydrogens (tertiary/aromatic N) is 2. The number of nitrogens with one attached hydrogen (secondary N) is 1. The first-order valence-electron chi connectivity index (χ1n) is 7.67. The number of hydrogen-bond acceptors (Lipinski definition) is 4. The zero-order valence-corrected chi connectivity index (χ0v) is 13.7. The van der Waals surface area contributed by atoms with E-state index in [1.807, 2.05) is 61.5 Å². The fourth-order valence-corrected chi connectivity index (χ4v) is 2.51. The molecular formula is C19H19N3O2. The predicted molar refractivity (Wildman–Crippen MR) is 94.5 cm³/mol. The fourth-order valence-electron chi connectivity index (χ4n) is 2.51. The van der Waals surface area contributed by atoms with Crippen molar-refractivity contribution in [2.24, 2.45) is 0 Å². The lowest BCUT2D eigenvalue weighted by Gasteiger charge is -2.11. The molecule has 0 spiro atoms. The Kier molecular flexibility index (Phi) is 4.61. The van der Waals surface area contributed by atoms with E-state index in [1.165, 1.54) is 7.11 Å². The normalized spacial score (nSPS) is 11.1. The Morgan fingerprint density at radius 2 is 2.00 bits per heavy atom. The molecule has 3 rings (SSSR count). The minimum atomic E-state index is 0.0920. The van der Waals surface area contributed by atoms with E-state index in [4.69, 9.17) is 14.9 Å². The van der Waals surface area contributed by atoms with Gasteiger partial charge in [-0.15, -0.1) is 0 Å². The van der Waals surface area contributed by atoms with Crippen molar-refractivity contribution in [3.8, 4) is 5.75 Å². The molecule has 0 saturated heterocycles. The highest BCUT2D eigenvalue weighted by Crippen LogP contribution is 2.25. The summed E-state index contributed by atoms with van der Waals surface area (Å²) in [5.74, 6) is 0.831. The zero-order valence-electron chi connectivity index (χ0n) is 13.7. The lowest BCUT2D eigenvalue weighted by molar-refractivity contribution is 0.303. The van der Waals surface area contributed by atoms with Crippen molar-refractivity contribution in [1.82, 2.24) is 9.61 Å². The van der Waals surface area contributed by atoms with Crippen LogP contribution in [0.5, 0.6) is 5.75 Å². The van der Waals surface area contributed by atoms with E-state index in [0.717, 1.165) is 22.5 Å². The van der Waals surface area contributed by atoms with Crippen LogP contribution < -0.4 is 4.74 Å². The van der Waals surface area contributed by atoms with Crippen LogP contribution in [0.1, 0.15) is 23.7 Å². The summed E-state index contributed by atoms with van der Waals surface area (Å²) in [6.07, 6.45) is 5.52. The van der Waals surface area contributed by atoms with Crippen LogP contribution >= 0.6 is 0 Å². The van der Waals surface area contributed by atoms with E-state index in [1.54, 1.807) is 10.7 Å². The molecule has 1 aromatic carbocycles. The average molecular weight is 321 g/mol. The second-order valence-corrected chi connectivity index (χ2v) is 5.25. The van der Waals surface area contributed by atoms with Gasteiger partial charge in [0.05, 0.1) is 24.4 Å². The van der Waals surface area contributed by atoms with Crippen LogP contribution in [0.25, 0.3) is 11.6 Å². The Morgan fingerprint density at radius 1 is 1.21 bits per heavy atom. The van der Waals surface area contributed by atoms with Crippen LogP contribution in [0.2, 0.25) is 0 Å². The molecule has 0 fully saturated rings. The Hall–Kier alpha value is -3.08. The third kappa shape index (κ3) is 3.01. The number of aromatic nitrogens is 2. The summed E-state index contributed by atoms with van der Waals surface area (Å²) in [6, 6.07) is 13.8. The maximum Gasteiger partial charge on any atom is 0.216 e. The summed E-state index contributed by atoms with van der Waals surface area (Å²) in [6.45, 7) is 2.43. The van der Waals surface area contributed by atoms with Crippen molar-refractivity contribution < 1.29 is 9.47 Å². The molecule has 0 amide bonds. The van der Waals surface area contributed by atoms with Crippen LogP contribution in [0.3, 0.4) is 0 Å². The highest BCUT2D eigenvalue weighted by molar-refractivity contribution is 5.98. The lowest BCUT2D eigenvalue weighted by atomic mass is 10.2. The largest absolute Gasteiger partial charge is 0.487 e. The second-order valence-electron chi connectivity index (χ2n) is 5.25. The molecule has 0 unspecified atom stereocenters. The molecule has 2 heterocycles. The highest BCUT2D eigenvalue weighted by Gasteiger charge is 2.14. The number of hydrogen-bond donors (Lipinski definition) is 1. The van der Waals surface area contributed by atoms with E-state index < -0.39 is 0 Å². The van der Waals surface area contributed by atoms with Crippen molar-refractivity contribution in [3.05, 3.63) is 71.6 Å². The molecule has 1 N–H and O–H groups in total. The summed E-state index contributed by atoms with van der Waals surface area (Å²) in [5, 5.41) is 12.3. The fraction of sp³-hybridized carbons (Fsp3) is 0.158. The minimum absolute atomic E-state index is 0.0920. The third-order valence-corrected chi connectivity index (χ3v) is 3.69. The number of pyridine rings is 1. The molecule has 5 heteroatoms. The predicted octanol–water partition coefficient (Wildman–Crippen LogP) is 3.92. The summed E-state index contributed by atoms with van der Waals surface area (Å²) >= 11 is 0. The van der Waals surface area contributed by atoms with Crippen LogP contribution in [0.4, 0.5) is 0 Å². The molecular weight excluding hydrogens is 302 g/mol. The number of fused-ring (bicyclic) bond motifs is 1. The molecule has 3 aromatic rings. The van der Waals surface area contributed by atoms with Crippen molar-refractivity contribution in [2.75, 3.05) is 7.11 Å². The molecule has 0 bridgehead atoms. The topological polar surface area (TPSA) is 59.6 Å². The molecule has 122 valence electrons. The molecule has 0 saturated carbocycles. The van der Waals surface area contributed by atoms with Crippen molar-refractivity contribution in [3.63, 3.8) is 0 Å². The number of ether oxygens (including phenoxy) is 2. The molecule has 0 radical (unpaired) electrons. The van der Waals surface area contributed by atoms with Gasteiger partial charge in [-0.2, -0.15) is 5.10 Å². The summed E-state index contributed by atoms with van der Waals surface area (Å²) in [5.41, 5.74) is 3.40. The van der Waals surface area contributed by atoms with E-state index >= 15 is 0 Å². The van der Waals surface area contributed by atoms with Gasteiger partial charge in [0.15, 0.2) is 0 Å². The molecule has 0 atom stereocenters. The highest BCUT2D eigenvalue weighted by atomic mass is 16.5. The standard InChI is InChI=1S/C19H19N3O2/c1-3-7-17-18(24-13-14-8-5-4-6-9-14)11-10-16-15(19(20)23-2)12-21-22(16)17/h3-12,20H,13H2,1-2H3/b7-3+,20-19?. The van der Waals surface area contributed by atoms with E-state index in [9.17, 15) is 0 Å². The van der Waals surface area contributed by atoms with Crippen LogP contribution in [0.15, 0.2) is 54.7 Å². The monoisotopic (exact) mass is 321 g/mol. The van der Waals surface area contributed by atoms with Gasteiger partial charge in [-0.1, -0.05) is 36.4 Å².